The Balaban J connectivity index is 1.69. The van der Waals surface area contributed by atoms with E-state index in [4.69, 9.17) is 4.74 Å². The zero-order valence-electron chi connectivity index (χ0n) is 17.0. The van der Waals surface area contributed by atoms with E-state index in [0.29, 0.717) is 0 Å². The third-order valence-corrected chi connectivity index (χ3v) is 5.34. The molecule has 1 N–H and O–H groups in total. The van der Waals surface area contributed by atoms with Crippen LogP contribution in [0.15, 0.2) is 78.9 Å². The summed E-state index contributed by atoms with van der Waals surface area (Å²) in [4.78, 5) is 27.7. The summed E-state index contributed by atoms with van der Waals surface area (Å²) in [7, 11) is 0. The van der Waals surface area contributed by atoms with Crippen LogP contribution in [-0.4, -0.2) is 16.9 Å². The Kier molecular flexibility index (Phi) is 5.53. The van der Waals surface area contributed by atoms with Crippen LogP contribution in [0, 0.1) is 13.8 Å². The van der Waals surface area contributed by atoms with Crippen molar-refractivity contribution in [3.05, 3.63) is 107 Å². The monoisotopic (exact) mass is 400 g/mol. The molecule has 2 amide bonds. The lowest BCUT2D eigenvalue weighted by Gasteiger charge is -2.28. The molecule has 5 nitrogen and oxygen atoms in total. The molecule has 0 aliphatic carbocycles. The number of hydrogen-bond donors (Lipinski definition) is 1. The Morgan fingerprint density at radius 1 is 0.967 bits per heavy atom. The molecule has 1 fully saturated rings. The van der Waals surface area contributed by atoms with E-state index < -0.39 is 18.3 Å². The summed E-state index contributed by atoms with van der Waals surface area (Å²) in [6.07, 6.45) is -1.12. The van der Waals surface area contributed by atoms with Gasteiger partial charge in [0.15, 0.2) is 0 Å². The van der Waals surface area contributed by atoms with Crippen molar-refractivity contribution in [2.75, 3.05) is 0 Å². The van der Waals surface area contributed by atoms with Crippen molar-refractivity contribution in [3.8, 4) is 0 Å². The van der Waals surface area contributed by atoms with Crippen LogP contribution < -0.4 is 5.32 Å². The number of nitrogens with zero attached hydrogens (tertiary/aromatic N) is 1. The first-order valence-corrected chi connectivity index (χ1v) is 9.96. The van der Waals surface area contributed by atoms with Crippen molar-refractivity contribution in [3.63, 3.8) is 0 Å². The largest absolute Gasteiger partial charge is 0.444 e. The predicted molar refractivity (Wildman–Crippen MR) is 114 cm³/mol. The van der Waals surface area contributed by atoms with Crippen molar-refractivity contribution >= 4 is 12.0 Å². The molecule has 3 aromatic rings. The number of carbonyl (C=O) groups is 2. The Labute approximate surface area is 176 Å². The van der Waals surface area contributed by atoms with Gasteiger partial charge in [0.05, 0.1) is 0 Å². The number of carbonyl (C=O) groups excluding carboxylic acids is 2. The van der Waals surface area contributed by atoms with Gasteiger partial charge in [0, 0.05) is 0 Å². The van der Waals surface area contributed by atoms with Gasteiger partial charge in [-0.3, -0.25) is 9.69 Å². The minimum atomic E-state index is -0.751. The van der Waals surface area contributed by atoms with Crippen LogP contribution in [0.2, 0.25) is 0 Å². The molecule has 0 spiro atoms. The lowest BCUT2D eigenvalue weighted by atomic mass is 10.0. The van der Waals surface area contributed by atoms with Gasteiger partial charge >= 0.3 is 6.09 Å². The fourth-order valence-corrected chi connectivity index (χ4v) is 3.79. The molecule has 30 heavy (non-hydrogen) atoms. The van der Waals surface area contributed by atoms with Gasteiger partial charge in [0.2, 0.25) is 5.91 Å². The SMILES string of the molecule is Cc1ccc(C)c(C2NC(=O)C(c3ccccc3)N2C(=O)OCc2ccccc2)c1. The van der Waals surface area contributed by atoms with Crippen LogP contribution in [-0.2, 0) is 16.1 Å². The number of rotatable bonds is 4. The van der Waals surface area contributed by atoms with Gasteiger partial charge in [0.1, 0.15) is 18.8 Å². The molecule has 2 atom stereocenters. The molecule has 5 heteroatoms. The average molecular weight is 400 g/mol. The van der Waals surface area contributed by atoms with Gasteiger partial charge in [0.25, 0.3) is 0 Å². The summed E-state index contributed by atoms with van der Waals surface area (Å²) in [5, 5.41) is 3.00. The lowest BCUT2D eigenvalue weighted by molar-refractivity contribution is -0.121. The lowest BCUT2D eigenvalue weighted by Crippen LogP contribution is -2.36. The molecule has 0 aromatic heterocycles. The normalized spacial score (nSPS) is 18.2. The Hall–Kier alpha value is -3.60. The van der Waals surface area contributed by atoms with Crippen molar-refractivity contribution in [1.82, 2.24) is 10.2 Å². The molecule has 2 unspecified atom stereocenters. The quantitative estimate of drug-likeness (QED) is 0.684. The summed E-state index contributed by atoms with van der Waals surface area (Å²) in [5.74, 6) is -0.219. The number of hydrogen-bond acceptors (Lipinski definition) is 3. The van der Waals surface area contributed by atoms with Gasteiger partial charge in [-0.2, -0.15) is 0 Å². The first-order valence-electron chi connectivity index (χ1n) is 9.96. The minimum absolute atomic E-state index is 0.144. The summed E-state index contributed by atoms with van der Waals surface area (Å²) in [6.45, 7) is 4.11. The van der Waals surface area contributed by atoms with Crippen molar-refractivity contribution < 1.29 is 14.3 Å². The molecule has 0 saturated carbocycles. The second-order valence-corrected chi connectivity index (χ2v) is 7.53. The molecule has 152 valence electrons. The smallest absolute Gasteiger partial charge is 0.412 e. The number of aryl methyl sites for hydroxylation is 2. The molecule has 3 aromatic carbocycles. The fraction of sp³-hybridized carbons (Fsp3) is 0.200. The Bertz CT molecular complexity index is 1050. The van der Waals surface area contributed by atoms with E-state index in [0.717, 1.165) is 27.8 Å². The standard InChI is InChI=1S/C25H24N2O3/c1-17-13-14-18(2)21(15-17)23-26-24(28)22(20-11-7-4-8-12-20)27(23)25(29)30-16-19-9-5-3-6-10-19/h3-15,22-23H,16H2,1-2H3,(H,26,28). The first-order chi connectivity index (χ1) is 14.5. The second kappa shape index (κ2) is 8.41. The second-order valence-electron chi connectivity index (χ2n) is 7.53. The molecule has 4 rings (SSSR count). The van der Waals surface area contributed by atoms with Gasteiger partial charge in [-0.05, 0) is 36.1 Å². The van der Waals surface area contributed by atoms with Crippen molar-refractivity contribution in [2.24, 2.45) is 0 Å². The Morgan fingerprint density at radius 3 is 2.33 bits per heavy atom. The van der Waals surface area contributed by atoms with Crippen LogP contribution in [0.3, 0.4) is 0 Å². The van der Waals surface area contributed by atoms with Crippen LogP contribution in [0.25, 0.3) is 0 Å². The predicted octanol–water partition coefficient (Wildman–Crippen LogP) is 4.81. The highest BCUT2D eigenvalue weighted by molar-refractivity contribution is 5.90. The molecule has 1 saturated heterocycles. The van der Waals surface area contributed by atoms with E-state index in [1.807, 2.05) is 92.7 Å². The highest BCUT2D eigenvalue weighted by Crippen LogP contribution is 2.37. The van der Waals surface area contributed by atoms with Gasteiger partial charge in [-0.25, -0.2) is 4.79 Å². The van der Waals surface area contributed by atoms with Crippen LogP contribution >= 0.6 is 0 Å². The highest BCUT2D eigenvalue weighted by Gasteiger charge is 2.45. The van der Waals surface area contributed by atoms with Crippen molar-refractivity contribution in [2.45, 2.75) is 32.7 Å². The molecule has 0 radical (unpaired) electrons. The van der Waals surface area contributed by atoms with Crippen molar-refractivity contribution in [1.29, 1.82) is 0 Å². The first kappa shape index (κ1) is 19.7. The molecule has 0 bridgehead atoms. The van der Waals surface area contributed by atoms with Crippen LogP contribution in [0.5, 0.6) is 0 Å². The summed E-state index contributed by atoms with van der Waals surface area (Å²) >= 11 is 0. The van der Waals surface area contributed by atoms with E-state index in [9.17, 15) is 9.59 Å². The Morgan fingerprint density at radius 2 is 1.63 bits per heavy atom. The maximum atomic E-state index is 13.2. The van der Waals surface area contributed by atoms with E-state index >= 15 is 0 Å². The average Bonchev–Trinajstić information content (AvgIpc) is 3.12. The van der Waals surface area contributed by atoms with Crippen LogP contribution in [0.4, 0.5) is 4.79 Å². The van der Waals surface area contributed by atoms with E-state index in [-0.39, 0.29) is 12.5 Å². The maximum absolute atomic E-state index is 13.2. The number of amides is 2. The molecular weight excluding hydrogens is 376 g/mol. The van der Waals surface area contributed by atoms with Gasteiger partial charge in [-0.15, -0.1) is 0 Å². The zero-order valence-corrected chi connectivity index (χ0v) is 17.0. The fourth-order valence-electron chi connectivity index (χ4n) is 3.79. The molecule has 1 heterocycles. The van der Waals surface area contributed by atoms with Gasteiger partial charge < -0.3 is 10.1 Å². The minimum Gasteiger partial charge on any atom is -0.444 e. The number of ether oxygens (including phenoxy) is 1. The van der Waals surface area contributed by atoms with E-state index in [2.05, 4.69) is 5.32 Å². The maximum Gasteiger partial charge on any atom is 0.412 e. The number of benzene rings is 3. The van der Waals surface area contributed by atoms with Gasteiger partial charge in [-0.1, -0.05) is 84.4 Å². The van der Waals surface area contributed by atoms with E-state index in [1.54, 1.807) is 0 Å². The molecule has 1 aliphatic rings. The number of nitrogens with one attached hydrogen (secondary N) is 1. The summed E-state index contributed by atoms with van der Waals surface area (Å²) < 4.78 is 5.63. The topological polar surface area (TPSA) is 58.6 Å². The summed E-state index contributed by atoms with van der Waals surface area (Å²) in [6, 6.07) is 24.1. The zero-order chi connectivity index (χ0) is 21.1. The summed E-state index contributed by atoms with van der Waals surface area (Å²) in [5.41, 5.74) is 4.59. The molecule has 1 aliphatic heterocycles. The van der Waals surface area contributed by atoms with E-state index in [1.165, 1.54) is 4.90 Å². The molecular formula is C25H24N2O3. The highest BCUT2D eigenvalue weighted by atomic mass is 16.6. The van der Waals surface area contributed by atoms with Crippen LogP contribution in [0.1, 0.15) is 40.0 Å². The third kappa shape index (κ3) is 3.92. The third-order valence-electron chi connectivity index (χ3n) is 5.34.